The van der Waals surface area contributed by atoms with E-state index in [0.29, 0.717) is 6.61 Å². The SMILES string of the molecule is Cc1cn2c(n1)CC[C@H](NC(=O)[C@H]1COc3ccccc3C1)C2. The molecule has 0 fully saturated rings. The average molecular weight is 311 g/mol. The van der Waals surface area contributed by atoms with E-state index >= 15 is 0 Å². The van der Waals surface area contributed by atoms with E-state index in [1.165, 1.54) is 0 Å². The van der Waals surface area contributed by atoms with Gasteiger partial charge in [-0.15, -0.1) is 0 Å². The number of rotatable bonds is 2. The lowest BCUT2D eigenvalue weighted by Gasteiger charge is -2.29. The van der Waals surface area contributed by atoms with Crippen LogP contribution in [0, 0.1) is 12.8 Å². The molecule has 0 radical (unpaired) electrons. The van der Waals surface area contributed by atoms with Crippen LogP contribution in [0.5, 0.6) is 5.75 Å². The Labute approximate surface area is 135 Å². The first kappa shape index (κ1) is 14.3. The van der Waals surface area contributed by atoms with Crippen molar-refractivity contribution in [3.63, 3.8) is 0 Å². The molecule has 5 nitrogen and oxygen atoms in total. The lowest BCUT2D eigenvalue weighted by atomic mass is 9.95. The van der Waals surface area contributed by atoms with Crippen molar-refractivity contribution in [3.8, 4) is 5.75 Å². The van der Waals surface area contributed by atoms with Crippen LogP contribution >= 0.6 is 0 Å². The van der Waals surface area contributed by atoms with Crippen molar-refractivity contribution < 1.29 is 9.53 Å². The van der Waals surface area contributed by atoms with Gasteiger partial charge in [0.1, 0.15) is 18.2 Å². The highest BCUT2D eigenvalue weighted by Crippen LogP contribution is 2.27. The van der Waals surface area contributed by atoms with Gasteiger partial charge in [0.2, 0.25) is 5.91 Å². The molecule has 1 amide bonds. The van der Waals surface area contributed by atoms with Crippen LogP contribution in [-0.4, -0.2) is 28.1 Å². The number of amides is 1. The molecule has 1 aromatic heterocycles. The van der Waals surface area contributed by atoms with E-state index in [9.17, 15) is 4.79 Å². The Morgan fingerprint density at radius 1 is 1.39 bits per heavy atom. The van der Waals surface area contributed by atoms with Crippen molar-refractivity contribution in [2.45, 2.75) is 38.8 Å². The zero-order chi connectivity index (χ0) is 15.8. The van der Waals surface area contributed by atoms with E-state index in [0.717, 1.165) is 48.6 Å². The summed E-state index contributed by atoms with van der Waals surface area (Å²) in [6, 6.07) is 8.14. The first-order valence-electron chi connectivity index (χ1n) is 8.23. The summed E-state index contributed by atoms with van der Waals surface area (Å²) in [5.74, 6) is 2.04. The summed E-state index contributed by atoms with van der Waals surface area (Å²) in [5.41, 5.74) is 2.17. The van der Waals surface area contributed by atoms with Crippen molar-refractivity contribution in [3.05, 3.63) is 47.5 Å². The van der Waals surface area contributed by atoms with Crippen molar-refractivity contribution in [2.75, 3.05) is 6.61 Å². The van der Waals surface area contributed by atoms with Crippen LogP contribution < -0.4 is 10.1 Å². The molecule has 2 aliphatic heterocycles. The number of nitrogens with zero attached hydrogens (tertiary/aromatic N) is 2. The number of aromatic nitrogens is 2. The summed E-state index contributed by atoms with van der Waals surface area (Å²) in [6.07, 6.45) is 4.69. The fourth-order valence-corrected chi connectivity index (χ4v) is 3.52. The van der Waals surface area contributed by atoms with Crippen molar-refractivity contribution in [2.24, 2.45) is 5.92 Å². The number of aryl methyl sites for hydroxylation is 2. The van der Waals surface area contributed by atoms with Gasteiger partial charge in [-0.2, -0.15) is 0 Å². The molecule has 2 aliphatic rings. The number of nitrogens with one attached hydrogen (secondary N) is 1. The number of hydrogen-bond donors (Lipinski definition) is 1. The summed E-state index contributed by atoms with van der Waals surface area (Å²) < 4.78 is 7.89. The molecule has 120 valence electrons. The van der Waals surface area contributed by atoms with Gasteiger partial charge in [-0.05, 0) is 31.4 Å². The smallest absolute Gasteiger partial charge is 0.227 e. The average Bonchev–Trinajstić information content (AvgIpc) is 2.93. The highest BCUT2D eigenvalue weighted by Gasteiger charge is 2.28. The first-order valence-corrected chi connectivity index (χ1v) is 8.23. The molecule has 2 atom stereocenters. The molecule has 2 aromatic rings. The topological polar surface area (TPSA) is 56.2 Å². The van der Waals surface area contributed by atoms with Crippen molar-refractivity contribution in [1.82, 2.24) is 14.9 Å². The number of para-hydroxylation sites is 1. The second-order valence-corrected chi connectivity index (χ2v) is 6.51. The van der Waals surface area contributed by atoms with Gasteiger partial charge in [0.25, 0.3) is 0 Å². The summed E-state index contributed by atoms with van der Waals surface area (Å²) in [4.78, 5) is 17.1. The van der Waals surface area contributed by atoms with E-state index in [-0.39, 0.29) is 17.9 Å². The lowest BCUT2D eigenvalue weighted by molar-refractivity contribution is -0.127. The molecule has 3 heterocycles. The van der Waals surface area contributed by atoms with Gasteiger partial charge < -0.3 is 14.6 Å². The minimum atomic E-state index is -0.101. The van der Waals surface area contributed by atoms with Gasteiger partial charge in [-0.1, -0.05) is 18.2 Å². The van der Waals surface area contributed by atoms with Crippen LogP contribution in [0.15, 0.2) is 30.5 Å². The summed E-state index contributed by atoms with van der Waals surface area (Å²) in [7, 11) is 0. The third kappa shape index (κ3) is 2.83. The summed E-state index contributed by atoms with van der Waals surface area (Å²) in [6.45, 7) is 3.28. The number of benzene rings is 1. The monoisotopic (exact) mass is 311 g/mol. The minimum absolute atomic E-state index is 0.101. The number of ether oxygens (including phenoxy) is 1. The molecule has 0 saturated heterocycles. The molecular formula is C18H21N3O2. The lowest BCUT2D eigenvalue weighted by Crippen LogP contribution is -2.46. The van der Waals surface area contributed by atoms with Crippen molar-refractivity contribution in [1.29, 1.82) is 0 Å². The number of fused-ring (bicyclic) bond motifs is 2. The molecule has 1 aromatic carbocycles. The third-order valence-corrected chi connectivity index (χ3v) is 4.71. The Kier molecular flexibility index (Phi) is 3.56. The van der Waals surface area contributed by atoms with Gasteiger partial charge in [0.05, 0.1) is 11.6 Å². The van der Waals surface area contributed by atoms with Gasteiger partial charge in [0.15, 0.2) is 0 Å². The second kappa shape index (κ2) is 5.72. The molecule has 5 heteroatoms. The van der Waals surface area contributed by atoms with E-state index in [2.05, 4.69) is 21.1 Å². The highest BCUT2D eigenvalue weighted by atomic mass is 16.5. The van der Waals surface area contributed by atoms with Crippen LogP contribution in [0.4, 0.5) is 0 Å². The Hall–Kier alpha value is -2.30. The Balaban J connectivity index is 1.39. The van der Waals surface area contributed by atoms with E-state index < -0.39 is 0 Å². The Bertz CT molecular complexity index is 738. The number of imidazole rings is 1. The van der Waals surface area contributed by atoms with Crippen LogP contribution in [0.1, 0.15) is 23.5 Å². The largest absolute Gasteiger partial charge is 0.492 e. The zero-order valence-corrected chi connectivity index (χ0v) is 13.3. The van der Waals surface area contributed by atoms with Crippen LogP contribution in [0.2, 0.25) is 0 Å². The maximum atomic E-state index is 12.6. The summed E-state index contributed by atoms with van der Waals surface area (Å²) >= 11 is 0. The number of carbonyl (C=O) groups is 1. The highest BCUT2D eigenvalue weighted by molar-refractivity contribution is 5.80. The number of carbonyl (C=O) groups excluding carboxylic acids is 1. The quantitative estimate of drug-likeness (QED) is 0.921. The molecule has 0 unspecified atom stereocenters. The predicted molar refractivity (Wildman–Crippen MR) is 86.3 cm³/mol. The van der Waals surface area contributed by atoms with Gasteiger partial charge in [-0.25, -0.2) is 4.98 Å². The van der Waals surface area contributed by atoms with Crippen LogP contribution in [0.3, 0.4) is 0 Å². The molecule has 1 N–H and O–H groups in total. The third-order valence-electron chi connectivity index (χ3n) is 4.71. The normalized spacial score (nSPS) is 22.7. The zero-order valence-electron chi connectivity index (χ0n) is 13.3. The first-order chi connectivity index (χ1) is 11.2. The predicted octanol–water partition coefficient (Wildman–Crippen LogP) is 1.87. The van der Waals surface area contributed by atoms with Gasteiger partial charge >= 0.3 is 0 Å². The summed E-state index contributed by atoms with van der Waals surface area (Å²) in [5, 5.41) is 3.20. The molecule has 0 bridgehead atoms. The van der Waals surface area contributed by atoms with Gasteiger partial charge in [0, 0.05) is 25.2 Å². The minimum Gasteiger partial charge on any atom is -0.492 e. The van der Waals surface area contributed by atoms with E-state index in [4.69, 9.17) is 4.74 Å². The fourth-order valence-electron chi connectivity index (χ4n) is 3.52. The molecule has 0 spiro atoms. The van der Waals surface area contributed by atoms with E-state index in [1.54, 1.807) is 0 Å². The maximum absolute atomic E-state index is 12.6. The molecule has 0 aliphatic carbocycles. The standard InChI is InChI=1S/C18H21N3O2/c1-12-9-21-10-15(6-7-17(21)19-12)20-18(22)14-8-13-4-2-3-5-16(13)23-11-14/h2-5,9,14-15H,6-8,10-11H2,1H3,(H,20,22)/t14-,15+/m1/s1. The molecular weight excluding hydrogens is 290 g/mol. The van der Waals surface area contributed by atoms with Crippen LogP contribution in [-0.2, 0) is 24.2 Å². The second-order valence-electron chi connectivity index (χ2n) is 6.51. The molecule has 0 saturated carbocycles. The van der Waals surface area contributed by atoms with Crippen molar-refractivity contribution >= 4 is 5.91 Å². The van der Waals surface area contributed by atoms with Gasteiger partial charge in [-0.3, -0.25) is 4.79 Å². The van der Waals surface area contributed by atoms with Crippen LogP contribution in [0.25, 0.3) is 0 Å². The Morgan fingerprint density at radius 3 is 3.17 bits per heavy atom. The molecule has 23 heavy (non-hydrogen) atoms. The Morgan fingerprint density at radius 2 is 2.26 bits per heavy atom. The molecule has 4 rings (SSSR count). The maximum Gasteiger partial charge on any atom is 0.227 e. The van der Waals surface area contributed by atoms with E-state index in [1.807, 2.05) is 31.2 Å². The fraction of sp³-hybridized carbons (Fsp3) is 0.444. The number of hydrogen-bond acceptors (Lipinski definition) is 3.